The molecule has 0 fully saturated rings. The first kappa shape index (κ1) is 13.4. The van der Waals surface area contributed by atoms with Crippen molar-refractivity contribution in [3.63, 3.8) is 0 Å². The van der Waals surface area contributed by atoms with Gasteiger partial charge in [0.1, 0.15) is 11.8 Å². The number of phenols is 2. The number of benzene rings is 3. The largest absolute Gasteiger partial charge is 0.504 e. The van der Waals surface area contributed by atoms with Crippen molar-refractivity contribution in [3.05, 3.63) is 71.1 Å². The van der Waals surface area contributed by atoms with Crippen molar-refractivity contribution < 1.29 is 14.6 Å². The third-order valence-corrected chi connectivity index (χ3v) is 3.95. The number of hydrogen-bond donors (Lipinski definition) is 2. The second-order valence-corrected chi connectivity index (χ2v) is 5.34. The van der Waals surface area contributed by atoms with Crippen LogP contribution in [0.3, 0.4) is 0 Å². The first-order valence-corrected chi connectivity index (χ1v) is 7.11. The normalized spacial score (nSPS) is 11.1. The van der Waals surface area contributed by atoms with E-state index < -0.39 is 0 Å². The molecule has 3 aromatic carbocycles. The van der Waals surface area contributed by atoms with E-state index in [1.807, 2.05) is 30.3 Å². The summed E-state index contributed by atoms with van der Waals surface area (Å²) in [5, 5.41) is 21.4. The Hall–Kier alpha value is -3.27. The Bertz CT molecular complexity index is 1110. The highest BCUT2D eigenvalue weighted by Gasteiger charge is 2.13. The Morgan fingerprint density at radius 2 is 1.70 bits per heavy atom. The van der Waals surface area contributed by atoms with E-state index in [4.69, 9.17) is 4.42 Å². The molecule has 2 N–H and O–H groups in total. The van der Waals surface area contributed by atoms with Crippen LogP contribution in [0.2, 0.25) is 0 Å². The second-order valence-electron chi connectivity index (χ2n) is 5.34. The molecule has 0 amide bonds. The van der Waals surface area contributed by atoms with Crippen molar-refractivity contribution in [2.24, 2.45) is 0 Å². The van der Waals surface area contributed by atoms with Crippen LogP contribution >= 0.6 is 0 Å². The molecule has 1 aromatic heterocycles. The van der Waals surface area contributed by atoms with E-state index in [-0.39, 0.29) is 16.9 Å². The van der Waals surface area contributed by atoms with E-state index >= 15 is 0 Å². The predicted molar refractivity (Wildman–Crippen MR) is 88.8 cm³/mol. The van der Waals surface area contributed by atoms with Gasteiger partial charge in [0.2, 0.25) is 5.43 Å². The summed E-state index contributed by atoms with van der Waals surface area (Å²) in [5.74, 6) is -0.510. The smallest absolute Gasteiger partial charge is 0.201 e. The molecule has 23 heavy (non-hydrogen) atoms. The van der Waals surface area contributed by atoms with Gasteiger partial charge in [-0.2, -0.15) is 0 Å². The van der Waals surface area contributed by atoms with Gasteiger partial charge in [-0.05, 0) is 34.5 Å². The minimum Gasteiger partial charge on any atom is -0.504 e. The Kier molecular flexibility index (Phi) is 2.84. The third kappa shape index (κ3) is 2.04. The lowest BCUT2D eigenvalue weighted by atomic mass is 10.0. The number of aromatic hydroxyl groups is 2. The summed E-state index contributed by atoms with van der Waals surface area (Å²) in [6, 6.07) is 15.6. The lowest BCUT2D eigenvalue weighted by Crippen LogP contribution is -2.05. The molecule has 4 aromatic rings. The van der Waals surface area contributed by atoms with Crippen molar-refractivity contribution in [1.82, 2.24) is 0 Å². The molecule has 4 heteroatoms. The first-order valence-electron chi connectivity index (χ1n) is 7.11. The highest BCUT2D eigenvalue weighted by atomic mass is 16.3. The SMILES string of the molecule is O=c1c(-c2ccc(O)c(O)c2)coc2ccc3ccccc3c12. The zero-order valence-electron chi connectivity index (χ0n) is 12.0. The summed E-state index contributed by atoms with van der Waals surface area (Å²) >= 11 is 0. The molecule has 1 heterocycles. The maximum absolute atomic E-state index is 12.9. The van der Waals surface area contributed by atoms with Crippen LogP contribution in [0.25, 0.3) is 32.9 Å². The van der Waals surface area contributed by atoms with Crippen molar-refractivity contribution in [2.45, 2.75) is 0 Å². The third-order valence-electron chi connectivity index (χ3n) is 3.95. The van der Waals surface area contributed by atoms with Crippen LogP contribution in [-0.2, 0) is 0 Å². The molecule has 0 saturated heterocycles. The van der Waals surface area contributed by atoms with Crippen LogP contribution in [0.4, 0.5) is 0 Å². The number of phenolic OH excluding ortho intramolecular Hbond substituents is 2. The molecule has 112 valence electrons. The number of hydrogen-bond acceptors (Lipinski definition) is 4. The minimum atomic E-state index is -0.278. The van der Waals surface area contributed by atoms with Gasteiger partial charge in [-0.1, -0.05) is 36.4 Å². The topological polar surface area (TPSA) is 70.7 Å². The average molecular weight is 304 g/mol. The van der Waals surface area contributed by atoms with Gasteiger partial charge in [0, 0.05) is 0 Å². The summed E-state index contributed by atoms with van der Waals surface area (Å²) in [7, 11) is 0. The van der Waals surface area contributed by atoms with Crippen LogP contribution in [-0.4, -0.2) is 10.2 Å². The van der Waals surface area contributed by atoms with Crippen molar-refractivity contribution in [3.8, 4) is 22.6 Å². The molecule has 4 nitrogen and oxygen atoms in total. The van der Waals surface area contributed by atoms with Gasteiger partial charge >= 0.3 is 0 Å². The van der Waals surface area contributed by atoms with E-state index in [9.17, 15) is 15.0 Å². The van der Waals surface area contributed by atoms with Gasteiger partial charge in [-0.25, -0.2) is 0 Å². The van der Waals surface area contributed by atoms with Crippen molar-refractivity contribution >= 4 is 21.7 Å². The van der Waals surface area contributed by atoms with Crippen LogP contribution in [0, 0.1) is 0 Å². The molecule has 0 saturated carbocycles. The lowest BCUT2D eigenvalue weighted by Gasteiger charge is -2.06. The molecule has 4 rings (SSSR count). The van der Waals surface area contributed by atoms with Crippen LogP contribution in [0.5, 0.6) is 11.5 Å². The fourth-order valence-electron chi connectivity index (χ4n) is 2.78. The Balaban J connectivity index is 2.09. The Morgan fingerprint density at radius 1 is 0.870 bits per heavy atom. The van der Waals surface area contributed by atoms with Gasteiger partial charge in [-0.3, -0.25) is 4.79 Å². The summed E-state index contributed by atoms with van der Waals surface area (Å²) < 4.78 is 5.61. The van der Waals surface area contributed by atoms with E-state index in [0.717, 1.165) is 10.8 Å². The van der Waals surface area contributed by atoms with E-state index in [2.05, 4.69) is 0 Å². The monoisotopic (exact) mass is 304 g/mol. The fraction of sp³-hybridized carbons (Fsp3) is 0. The summed E-state index contributed by atoms with van der Waals surface area (Å²) in [6.07, 6.45) is 1.38. The maximum atomic E-state index is 12.9. The average Bonchev–Trinajstić information content (AvgIpc) is 2.57. The van der Waals surface area contributed by atoms with Crippen molar-refractivity contribution in [1.29, 1.82) is 0 Å². The molecular weight excluding hydrogens is 292 g/mol. The van der Waals surface area contributed by atoms with Gasteiger partial charge < -0.3 is 14.6 Å². The molecule has 0 radical (unpaired) electrons. The maximum Gasteiger partial charge on any atom is 0.201 e. The van der Waals surface area contributed by atoms with E-state index in [0.29, 0.717) is 22.1 Å². The molecule has 0 aliphatic heterocycles. The van der Waals surface area contributed by atoms with Gasteiger partial charge in [0.25, 0.3) is 0 Å². The van der Waals surface area contributed by atoms with Gasteiger partial charge in [0.15, 0.2) is 11.5 Å². The number of rotatable bonds is 1. The zero-order valence-corrected chi connectivity index (χ0v) is 12.0. The molecular formula is C19H12O4. The second kappa shape index (κ2) is 4.88. The van der Waals surface area contributed by atoms with E-state index in [1.54, 1.807) is 12.1 Å². The Labute approximate surface area is 130 Å². The molecule has 0 unspecified atom stereocenters. The molecule has 0 aliphatic rings. The van der Waals surface area contributed by atoms with E-state index in [1.165, 1.54) is 18.4 Å². The standard InChI is InChI=1S/C19H12O4/c20-15-7-5-12(9-16(15)21)14-10-23-17-8-6-11-3-1-2-4-13(11)18(17)19(14)22/h1-10,20-21H. The Morgan fingerprint density at radius 3 is 2.52 bits per heavy atom. The quantitative estimate of drug-likeness (QED) is 0.411. The van der Waals surface area contributed by atoms with Gasteiger partial charge in [0.05, 0.1) is 10.9 Å². The lowest BCUT2D eigenvalue weighted by molar-refractivity contribution is 0.404. The molecule has 0 bridgehead atoms. The highest BCUT2D eigenvalue weighted by Crippen LogP contribution is 2.31. The molecule has 0 aliphatic carbocycles. The first-order chi connectivity index (χ1) is 11.1. The van der Waals surface area contributed by atoms with Crippen molar-refractivity contribution in [2.75, 3.05) is 0 Å². The highest BCUT2D eigenvalue weighted by molar-refractivity contribution is 6.06. The van der Waals surface area contributed by atoms with Crippen LogP contribution < -0.4 is 5.43 Å². The van der Waals surface area contributed by atoms with Gasteiger partial charge in [-0.15, -0.1) is 0 Å². The summed E-state index contributed by atoms with van der Waals surface area (Å²) in [6.45, 7) is 0. The molecule has 0 spiro atoms. The minimum absolute atomic E-state index is 0.173. The predicted octanol–water partition coefficient (Wildman–Crippen LogP) is 4.02. The summed E-state index contributed by atoms with van der Waals surface area (Å²) in [4.78, 5) is 12.9. The summed E-state index contributed by atoms with van der Waals surface area (Å²) in [5.41, 5.74) is 1.17. The molecule has 0 atom stereocenters. The van der Waals surface area contributed by atoms with Crippen LogP contribution in [0.1, 0.15) is 0 Å². The number of fused-ring (bicyclic) bond motifs is 3. The van der Waals surface area contributed by atoms with Crippen LogP contribution in [0.15, 0.2) is 70.1 Å². The fourth-order valence-corrected chi connectivity index (χ4v) is 2.78. The zero-order chi connectivity index (χ0) is 16.0.